The van der Waals surface area contributed by atoms with Crippen molar-refractivity contribution in [1.82, 2.24) is 15.3 Å². The number of hydrogen-bond acceptors (Lipinski definition) is 2. The minimum atomic E-state index is 0.116. The van der Waals surface area contributed by atoms with Crippen LogP contribution in [0.1, 0.15) is 29.8 Å². The summed E-state index contributed by atoms with van der Waals surface area (Å²) in [5, 5.41) is 2.95. The van der Waals surface area contributed by atoms with Crippen molar-refractivity contribution >= 4 is 5.91 Å². The van der Waals surface area contributed by atoms with Gasteiger partial charge in [0.25, 0.3) is 0 Å². The maximum Gasteiger partial charge on any atom is 0.220 e. The number of aryl methyl sites for hydroxylation is 3. The number of amides is 1. The minimum Gasteiger partial charge on any atom is -0.356 e. The molecule has 0 saturated carbocycles. The van der Waals surface area contributed by atoms with Crippen LogP contribution in [0.5, 0.6) is 0 Å². The van der Waals surface area contributed by atoms with Gasteiger partial charge in [-0.15, -0.1) is 0 Å². The highest BCUT2D eigenvalue weighted by atomic mass is 16.1. The average molecular weight is 271 g/mol. The Balaban J connectivity index is 1.59. The predicted octanol–water partition coefficient (Wildman–Crippen LogP) is 2.40. The lowest BCUT2D eigenvalue weighted by Crippen LogP contribution is -2.25. The normalized spacial score (nSPS) is 10.4. The molecule has 0 aliphatic heterocycles. The number of nitrogens with zero attached hydrogens (tertiary/aromatic N) is 1. The molecule has 1 aromatic heterocycles. The zero-order chi connectivity index (χ0) is 14.2. The van der Waals surface area contributed by atoms with E-state index >= 15 is 0 Å². The number of aromatic nitrogens is 2. The summed E-state index contributed by atoms with van der Waals surface area (Å²) in [5.74, 6) is 1.09. The molecule has 1 heterocycles. The monoisotopic (exact) mass is 271 g/mol. The number of carbonyl (C=O) groups is 1. The van der Waals surface area contributed by atoms with Crippen molar-refractivity contribution in [1.29, 1.82) is 0 Å². The van der Waals surface area contributed by atoms with Gasteiger partial charge in [0.1, 0.15) is 5.82 Å². The van der Waals surface area contributed by atoms with Crippen LogP contribution in [-0.4, -0.2) is 22.4 Å². The first-order valence-electron chi connectivity index (χ1n) is 7.04. The van der Waals surface area contributed by atoms with Gasteiger partial charge in [0.05, 0.1) is 0 Å². The first-order valence-corrected chi connectivity index (χ1v) is 7.04. The molecular weight excluding hydrogens is 250 g/mol. The van der Waals surface area contributed by atoms with Gasteiger partial charge in [0.15, 0.2) is 0 Å². The lowest BCUT2D eigenvalue weighted by molar-refractivity contribution is -0.121. The second-order valence-corrected chi connectivity index (χ2v) is 4.97. The molecule has 0 radical (unpaired) electrons. The Morgan fingerprint density at radius 2 is 2.05 bits per heavy atom. The summed E-state index contributed by atoms with van der Waals surface area (Å²) in [7, 11) is 0. The molecule has 106 valence electrons. The molecule has 0 bridgehead atoms. The Bertz CT molecular complexity index is 517. The second-order valence-electron chi connectivity index (χ2n) is 4.97. The summed E-state index contributed by atoms with van der Waals surface area (Å²) in [5.41, 5.74) is 2.46. The van der Waals surface area contributed by atoms with E-state index in [0.717, 1.165) is 25.1 Å². The van der Waals surface area contributed by atoms with Gasteiger partial charge in [0.2, 0.25) is 5.91 Å². The van der Waals surface area contributed by atoms with Crippen molar-refractivity contribution in [3.8, 4) is 0 Å². The van der Waals surface area contributed by atoms with E-state index in [1.54, 1.807) is 6.20 Å². The standard InChI is InChI=1S/C16H21N3O/c1-13-4-6-14(7-5-13)8-9-16(20)19-10-2-3-15-17-11-12-18-15/h4-7,11-12H,2-3,8-10H2,1H3,(H,17,18)(H,19,20). The molecule has 4 heteroatoms. The van der Waals surface area contributed by atoms with Gasteiger partial charge in [-0.1, -0.05) is 29.8 Å². The average Bonchev–Trinajstić information content (AvgIpc) is 2.96. The second kappa shape index (κ2) is 7.48. The zero-order valence-corrected chi connectivity index (χ0v) is 11.9. The highest BCUT2D eigenvalue weighted by molar-refractivity contribution is 5.76. The summed E-state index contributed by atoms with van der Waals surface area (Å²) < 4.78 is 0. The Hall–Kier alpha value is -2.10. The molecule has 0 aliphatic carbocycles. The molecule has 20 heavy (non-hydrogen) atoms. The summed E-state index contributed by atoms with van der Waals surface area (Å²) in [4.78, 5) is 18.9. The summed E-state index contributed by atoms with van der Waals surface area (Å²) >= 11 is 0. The van der Waals surface area contributed by atoms with Gasteiger partial charge >= 0.3 is 0 Å². The topological polar surface area (TPSA) is 57.8 Å². The van der Waals surface area contributed by atoms with Crippen LogP contribution in [0.2, 0.25) is 0 Å². The van der Waals surface area contributed by atoms with Crippen molar-refractivity contribution in [2.45, 2.75) is 32.6 Å². The van der Waals surface area contributed by atoms with Crippen LogP contribution in [0.3, 0.4) is 0 Å². The molecule has 0 unspecified atom stereocenters. The molecule has 1 amide bonds. The fourth-order valence-electron chi connectivity index (χ4n) is 2.02. The van der Waals surface area contributed by atoms with Crippen LogP contribution in [0, 0.1) is 6.92 Å². The summed E-state index contributed by atoms with van der Waals surface area (Å²) in [6.45, 7) is 2.77. The zero-order valence-electron chi connectivity index (χ0n) is 11.9. The third-order valence-electron chi connectivity index (χ3n) is 3.23. The number of benzene rings is 1. The Morgan fingerprint density at radius 3 is 2.75 bits per heavy atom. The van der Waals surface area contributed by atoms with Crippen molar-refractivity contribution in [3.05, 3.63) is 53.6 Å². The number of imidazole rings is 1. The number of carbonyl (C=O) groups excluding carboxylic acids is 1. The van der Waals surface area contributed by atoms with Crippen molar-refractivity contribution in [2.24, 2.45) is 0 Å². The lowest BCUT2D eigenvalue weighted by atomic mass is 10.1. The first kappa shape index (κ1) is 14.3. The molecule has 0 fully saturated rings. The third-order valence-corrected chi connectivity index (χ3v) is 3.23. The van der Waals surface area contributed by atoms with Crippen LogP contribution >= 0.6 is 0 Å². The third kappa shape index (κ3) is 4.88. The molecule has 0 saturated heterocycles. The van der Waals surface area contributed by atoms with Gasteiger partial charge in [-0.25, -0.2) is 4.98 Å². The lowest BCUT2D eigenvalue weighted by Gasteiger charge is -2.05. The van der Waals surface area contributed by atoms with Gasteiger partial charge in [-0.2, -0.15) is 0 Å². The van der Waals surface area contributed by atoms with E-state index in [0.29, 0.717) is 13.0 Å². The molecule has 2 rings (SSSR count). The highest BCUT2D eigenvalue weighted by Gasteiger charge is 2.02. The van der Waals surface area contributed by atoms with E-state index in [1.807, 2.05) is 6.20 Å². The van der Waals surface area contributed by atoms with Crippen LogP contribution in [0.25, 0.3) is 0 Å². The maximum absolute atomic E-state index is 11.7. The van der Waals surface area contributed by atoms with Crippen LogP contribution in [0.4, 0.5) is 0 Å². The number of hydrogen-bond donors (Lipinski definition) is 2. The summed E-state index contributed by atoms with van der Waals surface area (Å²) in [6, 6.07) is 8.33. The predicted molar refractivity (Wildman–Crippen MR) is 79.4 cm³/mol. The molecule has 2 N–H and O–H groups in total. The van der Waals surface area contributed by atoms with Crippen molar-refractivity contribution in [2.75, 3.05) is 6.54 Å². The van der Waals surface area contributed by atoms with E-state index < -0.39 is 0 Å². The number of nitrogens with one attached hydrogen (secondary N) is 2. The Kier molecular flexibility index (Phi) is 5.35. The van der Waals surface area contributed by atoms with Gasteiger partial charge in [-0.05, 0) is 25.3 Å². The van der Waals surface area contributed by atoms with E-state index in [9.17, 15) is 4.79 Å². The number of aromatic amines is 1. The van der Waals surface area contributed by atoms with Gasteiger partial charge in [-0.3, -0.25) is 4.79 Å². The van der Waals surface area contributed by atoms with Crippen molar-refractivity contribution < 1.29 is 4.79 Å². The largest absolute Gasteiger partial charge is 0.356 e. The van der Waals surface area contributed by atoms with E-state index in [1.165, 1.54) is 11.1 Å². The number of rotatable bonds is 7. The molecule has 0 atom stereocenters. The van der Waals surface area contributed by atoms with E-state index in [4.69, 9.17) is 0 Å². The molecule has 1 aromatic carbocycles. The van der Waals surface area contributed by atoms with Crippen molar-refractivity contribution in [3.63, 3.8) is 0 Å². The SMILES string of the molecule is Cc1ccc(CCC(=O)NCCCc2ncc[nH]2)cc1. The van der Waals surface area contributed by atoms with Gasteiger partial charge < -0.3 is 10.3 Å². The molecule has 0 aliphatic rings. The van der Waals surface area contributed by atoms with Crippen LogP contribution in [0.15, 0.2) is 36.7 Å². The Morgan fingerprint density at radius 1 is 1.25 bits per heavy atom. The molecule has 2 aromatic rings. The molecular formula is C16H21N3O. The van der Waals surface area contributed by atoms with Crippen LogP contribution in [-0.2, 0) is 17.6 Å². The molecule has 0 spiro atoms. The summed E-state index contributed by atoms with van der Waals surface area (Å²) in [6.07, 6.45) is 6.67. The fourth-order valence-corrected chi connectivity index (χ4v) is 2.02. The van der Waals surface area contributed by atoms with Gasteiger partial charge in [0, 0.05) is 31.8 Å². The number of H-pyrrole nitrogens is 1. The Labute approximate surface area is 119 Å². The molecule has 4 nitrogen and oxygen atoms in total. The maximum atomic E-state index is 11.7. The first-order chi connectivity index (χ1) is 9.74. The van der Waals surface area contributed by atoms with E-state index in [2.05, 4.69) is 46.5 Å². The minimum absolute atomic E-state index is 0.116. The smallest absolute Gasteiger partial charge is 0.220 e. The highest BCUT2D eigenvalue weighted by Crippen LogP contribution is 2.05. The fraction of sp³-hybridized carbons (Fsp3) is 0.375. The quantitative estimate of drug-likeness (QED) is 0.760. The van der Waals surface area contributed by atoms with E-state index in [-0.39, 0.29) is 5.91 Å². The van der Waals surface area contributed by atoms with Crippen LogP contribution < -0.4 is 5.32 Å².